The van der Waals surface area contributed by atoms with Gasteiger partial charge in [-0.25, -0.2) is 9.97 Å². The minimum absolute atomic E-state index is 0.426. The smallest absolute Gasteiger partial charge is 0.159 e. The van der Waals surface area contributed by atoms with E-state index >= 15 is 0 Å². The highest BCUT2D eigenvalue weighted by molar-refractivity contribution is 7.21. The van der Waals surface area contributed by atoms with E-state index in [0.717, 1.165) is 20.8 Å². The summed E-state index contributed by atoms with van der Waals surface area (Å²) in [7, 11) is 1.86. The fraction of sp³-hybridized carbons (Fsp3) is 0.0909. The van der Waals surface area contributed by atoms with Crippen molar-refractivity contribution in [1.29, 1.82) is 5.26 Å². The van der Waals surface area contributed by atoms with Crippen molar-refractivity contribution in [2.24, 2.45) is 7.05 Å². The van der Waals surface area contributed by atoms with E-state index in [1.165, 1.54) is 11.3 Å². The average molecular weight is 241 g/mol. The lowest BCUT2D eigenvalue weighted by Gasteiger charge is -1.86. The second kappa shape index (κ2) is 3.64. The minimum atomic E-state index is 0.426. The van der Waals surface area contributed by atoms with Gasteiger partial charge in [0.15, 0.2) is 5.69 Å². The molecule has 0 unspecified atom stereocenters. The third-order valence-electron chi connectivity index (χ3n) is 2.36. The van der Waals surface area contributed by atoms with Crippen LogP contribution in [0.3, 0.4) is 0 Å². The summed E-state index contributed by atoms with van der Waals surface area (Å²) in [5.74, 6) is 0. The summed E-state index contributed by atoms with van der Waals surface area (Å²) in [6.07, 6.45) is 5.27. The maximum Gasteiger partial charge on any atom is 0.159 e. The topological polar surface area (TPSA) is 67.4 Å². The molecule has 3 aromatic heterocycles. The highest BCUT2D eigenvalue weighted by atomic mass is 32.1. The molecule has 0 aromatic carbocycles. The quantitative estimate of drug-likeness (QED) is 0.653. The number of aryl methyl sites for hydroxylation is 1. The van der Waals surface area contributed by atoms with Crippen LogP contribution in [-0.4, -0.2) is 19.7 Å². The molecule has 0 atom stereocenters. The highest BCUT2D eigenvalue weighted by Gasteiger charge is 2.11. The van der Waals surface area contributed by atoms with Crippen LogP contribution in [0.15, 0.2) is 24.7 Å². The molecule has 0 radical (unpaired) electrons. The number of nitriles is 1. The van der Waals surface area contributed by atoms with Gasteiger partial charge in [-0.1, -0.05) is 0 Å². The molecule has 6 heteroatoms. The van der Waals surface area contributed by atoms with Crippen LogP contribution in [0.4, 0.5) is 0 Å². The van der Waals surface area contributed by atoms with Gasteiger partial charge in [0.2, 0.25) is 0 Å². The van der Waals surface area contributed by atoms with Crippen molar-refractivity contribution >= 4 is 21.6 Å². The molecule has 3 aromatic rings. The molecule has 3 rings (SSSR count). The molecule has 0 aliphatic rings. The van der Waals surface area contributed by atoms with Crippen LogP contribution in [0.25, 0.3) is 20.8 Å². The van der Waals surface area contributed by atoms with Gasteiger partial charge in [0.05, 0.1) is 16.4 Å². The van der Waals surface area contributed by atoms with E-state index in [1.54, 1.807) is 17.1 Å². The first-order valence-corrected chi connectivity index (χ1v) is 5.74. The predicted molar refractivity (Wildman–Crippen MR) is 64.3 cm³/mol. The standard InChI is InChI=1S/C11H7N5S/c1-16-6-7(5-14-16)11-15-8-2-3-13-9(4-12)10(8)17-11/h2-3,5-6H,1H3. The van der Waals surface area contributed by atoms with E-state index in [4.69, 9.17) is 5.26 Å². The van der Waals surface area contributed by atoms with Crippen LogP contribution in [-0.2, 0) is 7.05 Å². The molecule has 0 saturated carbocycles. The molecule has 17 heavy (non-hydrogen) atoms. The number of rotatable bonds is 1. The molecule has 0 spiro atoms. The Morgan fingerprint density at radius 1 is 1.47 bits per heavy atom. The Morgan fingerprint density at radius 2 is 2.35 bits per heavy atom. The van der Waals surface area contributed by atoms with Crippen LogP contribution in [0.2, 0.25) is 0 Å². The van der Waals surface area contributed by atoms with Gasteiger partial charge in [-0.2, -0.15) is 10.4 Å². The Kier molecular flexibility index (Phi) is 2.13. The van der Waals surface area contributed by atoms with Gasteiger partial charge in [0.25, 0.3) is 0 Å². The molecule has 3 heterocycles. The maximum absolute atomic E-state index is 8.97. The summed E-state index contributed by atoms with van der Waals surface area (Å²) in [4.78, 5) is 8.51. The van der Waals surface area contributed by atoms with Gasteiger partial charge < -0.3 is 0 Å². The van der Waals surface area contributed by atoms with Crippen molar-refractivity contribution < 1.29 is 0 Å². The minimum Gasteiger partial charge on any atom is -0.275 e. The lowest BCUT2D eigenvalue weighted by Crippen LogP contribution is -1.83. The van der Waals surface area contributed by atoms with Gasteiger partial charge in [0, 0.05) is 25.0 Å². The van der Waals surface area contributed by atoms with E-state index in [1.807, 2.05) is 19.3 Å². The van der Waals surface area contributed by atoms with Gasteiger partial charge in [-0.15, -0.1) is 11.3 Å². The molecule has 0 aliphatic carbocycles. The summed E-state index contributed by atoms with van der Waals surface area (Å²) in [6, 6.07) is 3.89. The summed E-state index contributed by atoms with van der Waals surface area (Å²) >= 11 is 1.47. The van der Waals surface area contributed by atoms with Gasteiger partial charge in [-0.3, -0.25) is 4.68 Å². The van der Waals surface area contributed by atoms with E-state index in [2.05, 4.69) is 21.1 Å². The third-order valence-corrected chi connectivity index (χ3v) is 3.49. The maximum atomic E-state index is 8.97. The van der Waals surface area contributed by atoms with E-state index in [9.17, 15) is 0 Å². The van der Waals surface area contributed by atoms with Crippen LogP contribution < -0.4 is 0 Å². The number of nitrogens with zero attached hydrogens (tertiary/aromatic N) is 5. The number of hydrogen-bond acceptors (Lipinski definition) is 5. The van der Waals surface area contributed by atoms with Crippen molar-refractivity contribution in [2.75, 3.05) is 0 Å². The van der Waals surface area contributed by atoms with Crippen molar-refractivity contribution in [2.45, 2.75) is 0 Å². The number of hydrogen-bond donors (Lipinski definition) is 0. The summed E-state index contributed by atoms with van der Waals surface area (Å²) in [5.41, 5.74) is 2.19. The molecule has 82 valence electrons. The second-order valence-corrected chi connectivity index (χ2v) is 4.54. The lowest BCUT2D eigenvalue weighted by molar-refractivity contribution is 0.768. The molecular weight excluding hydrogens is 234 g/mol. The first kappa shape index (κ1) is 9.93. The Balaban J connectivity index is 2.24. The number of thiazole rings is 1. The molecule has 0 amide bonds. The number of fused-ring (bicyclic) bond motifs is 1. The van der Waals surface area contributed by atoms with Gasteiger partial charge in [0.1, 0.15) is 11.1 Å². The monoisotopic (exact) mass is 241 g/mol. The normalized spacial score (nSPS) is 10.6. The van der Waals surface area contributed by atoms with Crippen molar-refractivity contribution in [3.63, 3.8) is 0 Å². The zero-order valence-corrected chi connectivity index (χ0v) is 9.77. The average Bonchev–Trinajstić information content (AvgIpc) is 2.93. The van der Waals surface area contributed by atoms with Crippen molar-refractivity contribution in [1.82, 2.24) is 19.7 Å². The SMILES string of the molecule is Cn1cc(-c2nc3ccnc(C#N)c3s2)cn1. The fourth-order valence-corrected chi connectivity index (χ4v) is 2.56. The van der Waals surface area contributed by atoms with Crippen LogP contribution in [0, 0.1) is 11.3 Å². The Morgan fingerprint density at radius 3 is 3.06 bits per heavy atom. The lowest BCUT2D eigenvalue weighted by atomic mass is 10.3. The Hall–Kier alpha value is -2.26. The van der Waals surface area contributed by atoms with E-state index in [0.29, 0.717) is 5.69 Å². The van der Waals surface area contributed by atoms with Gasteiger partial charge in [-0.05, 0) is 6.07 Å². The zero-order valence-electron chi connectivity index (χ0n) is 8.95. The Labute approximate surface area is 101 Å². The molecule has 5 nitrogen and oxygen atoms in total. The zero-order chi connectivity index (χ0) is 11.8. The highest BCUT2D eigenvalue weighted by Crippen LogP contribution is 2.30. The second-order valence-electron chi connectivity index (χ2n) is 3.54. The van der Waals surface area contributed by atoms with E-state index < -0.39 is 0 Å². The van der Waals surface area contributed by atoms with Crippen LogP contribution in [0.1, 0.15) is 5.69 Å². The first-order valence-electron chi connectivity index (χ1n) is 4.92. The Bertz CT molecular complexity index is 734. The van der Waals surface area contributed by atoms with Crippen molar-refractivity contribution in [3.8, 4) is 16.6 Å². The third kappa shape index (κ3) is 1.57. The molecule has 0 N–H and O–H groups in total. The predicted octanol–water partition coefficient (Wildman–Crippen LogP) is 1.96. The molecule has 0 fully saturated rings. The molecule has 0 bridgehead atoms. The summed E-state index contributed by atoms with van der Waals surface area (Å²) in [6.45, 7) is 0. The van der Waals surface area contributed by atoms with Gasteiger partial charge >= 0.3 is 0 Å². The van der Waals surface area contributed by atoms with Crippen LogP contribution >= 0.6 is 11.3 Å². The van der Waals surface area contributed by atoms with E-state index in [-0.39, 0.29) is 0 Å². The largest absolute Gasteiger partial charge is 0.275 e. The molecule has 0 saturated heterocycles. The first-order chi connectivity index (χ1) is 8.28. The molecule has 0 aliphatic heterocycles. The van der Waals surface area contributed by atoms with Crippen LogP contribution in [0.5, 0.6) is 0 Å². The number of aromatic nitrogens is 4. The van der Waals surface area contributed by atoms with Crippen molar-refractivity contribution in [3.05, 3.63) is 30.4 Å². The summed E-state index contributed by atoms with van der Waals surface area (Å²) in [5, 5.41) is 13.9. The fourth-order valence-electron chi connectivity index (χ4n) is 1.59. The number of pyridine rings is 1. The summed E-state index contributed by atoms with van der Waals surface area (Å²) < 4.78 is 2.55. The molecular formula is C11H7N5S.